The molecule has 21 heavy (non-hydrogen) atoms. The van der Waals surface area contributed by atoms with Gasteiger partial charge in [-0.3, -0.25) is 9.59 Å². The van der Waals surface area contributed by atoms with E-state index in [2.05, 4.69) is 16.9 Å². The third-order valence-corrected chi connectivity index (χ3v) is 3.71. The summed E-state index contributed by atoms with van der Waals surface area (Å²) in [7, 11) is 0. The van der Waals surface area contributed by atoms with Gasteiger partial charge in [0.25, 0.3) is 5.56 Å². The van der Waals surface area contributed by atoms with Gasteiger partial charge in [-0.1, -0.05) is 6.92 Å². The van der Waals surface area contributed by atoms with Gasteiger partial charge in [-0.05, 0) is 25.7 Å². The maximum Gasteiger partial charge on any atom is 0.307 e. The van der Waals surface area contributed by atoms with Crippen molar-refractivity contribution in [1.29, 1.82) is 0 Å². The van der Waals surface area contributed by atoms with Crippen LogP contribution in [0.3, 0.4) is 0 Å². The van der Waals surface area contributed by atoms with Gasteiger partial charge in [-0.15, -0.1) is 0 Å². The molecule has 1 unspecified atom stereocenters. The average molecular weight is 293 g/mol. The number of esters is 1. The van der Waals surface area contributed by atoms with Crippen molar-refractivity contribution >= 4 is 11.7 Å². The summed E-state index contributed by atoms with van der Waals surface area (Å²) in [5, 5.41) is 4.17. The van der Waals surface area contributed by atoms with Gasteiger partial charge in [0.2, 0.25) is 0 Å². The molecule has 1 aliphatic rings. The van der Waals surface area contributed by atoms with Crippen molar-refractivity contribution in [2.75, 3.05) is 24.6 Å². The molecule has 0 aliphatic carbocycles. The van der Waals surface area contributed by atoms with Gasteiger partial charge >= 0.3 is 5.97 Å². The van der Waals surface area contributed by atoms with E-state index >= 15 is 0 Å². The van der Waals surface area contributed by atoms with E-state index in [1.54, 1.807) is 19.2 Å². The Hall–Kier alpha value is -1.85. The Morgan fingerprint density at radius 2 is 2.33 bits per heavy atom. The topological polar surface area (TPSA) is 64.4 Å². The molecule has 1 fully saturated rings. The van der Waals surface area contributed by atoms with Gasteiger partial charge in [-0.2, -0.15) is 5.10 Å². The second-order valence-corrected chi connectivity index (χ2v) is 5.52. The quantitative estimate of drug-likeness (QED) is 0.769. The van der Waals surface area contributed by atoms with Crippen LogP contribution >= 0.6 is 0 Å². The smallest absolute Gasteiger partial charge is 0.307 e. The number of aromatic nitrogens is 2. The van der Waals surface area contributed by atoms with Crippen molar-refractivity contribution in [2.45, 2.75) is 39.7 Å². The summed E-state index contributed by atoms with van der Waals surface area (Å²) < 4.78 is 6.16. The molecule has 1 saturated heterocycles. The van der Waals surface area contributed by atoms with Crippen molar-refractivity contribution < 1.29 is 9.53 Å². The second-order valence-electron chi connectivity index (χ2n) is 5.52. The summed E-state index contributed by atoms with van der Waals surface area (Å²) in [4.78, 5) is 25.6. The van der Waals surface area contributed by atoms with Crippen LogP contribution in [0.4, 0.5) is 5.69 Å². The largest absolute Gasteiger partial charge is 0.466 e. The first kappa shape index (κ1) is 15.5. The predicted molar refractivity (Wildman–Crippen MR) is 80.4 cm³/mol. The van der Waals surface area contributed by atoms with Crippen molar-refractivity contribution in [3.63, 3.8) is 0 Å². The highest BCUT2D eigenvalue weighted by Crippen LogP contribution is 2.20. The molecule has 6 nitrogen and oxygen atoms in total. The first-order valence-corrected chi connectivity index (χ1v) is 7.58. The van der Waals surface area contributed by atoms with Crippen molar-refractivity contribution in [1.82, 2.24) is 9.78 Å². The Labute approximate surface area is 124 Å². The molecule has 0 spiro atoms. The lowest BCUT2D eigenvalue weighted by molar-refractivity contribution is -0.143. The predicted octanol–water partition coefficient (Wildman–Crippen LogP) is 1.43. The van der Waals surface area contributed by atoms with Gasteiger partial charge in [0.05, 0.1) is 31.5 Å². The fourth-order valence-electron chi connectivity index (χ4n) is 2.62. The van der Waals surface area contributed by atoms with E-state index < -0.39 is 0 Å². The second kappa shape index (κ2) is 7.24. The standard InChI is InChI=1S/C15H23N3O3/c1-3-21-15(20)6-8-18-14(19)9-13(10-16-18)17-7-4-5-12(2)11-17/h9-10,12H,3-8,11H2,1-2H3. The molecule has 2 heterocycles. The molecule has 0 saturated carbocycles. The van der Waals surface area contributed by atoms with Crippen molar-refractivity contribution in [3.8, 4) is 0 Å². The van der Waals surface area contributed by atoms with Crippen LogP contribution in [0, 0.1) is 5.92 Å². The first-order chi connectivity index (χ1) is 10.1. The number of hydrogen-bond acceptors (Lipinski definition) is 5. The number of piperidine rings is 1. The van der Waals surface area contributed by atoms with E-state index in [1.807, 2.05) is 0 Å². The number of carbonyl (C=O) groups is 1. The number of rotatable bonds is 5. The lowest BCUT2D eigenvalue weighted by atomic mass is 10.00. The van der Waals surface area contributed by atoms with E-state index in [-0.39, 0.29) is 24.5 Å². The highest BCUT2D eigenvalue weighted by molar-refractivity contribution is 5.69. The highest BCUT2D eigenvalue weighted by Gasteiger charge is 2.17. The average Bonchev–Trinajstić information content (AvgIpc) is 2.46. The van der Waals surface area contributed by atoms with Crippen LogP contribution in [0.2, 0.25) is 0 Å². The molecule has 0 bridgehead atoms. The SMILES string of the molecule is CCOC(=O)CCn1ncc(N2CCCC(C)C2)cc1=O. The lowest BCUT2D eigenvalue weighted by Crippen LogP contribution is -2.35. The monoisotopic (exact) mass is 293 g/mol. The first-order valence-electron chi connectivity index (χ1n) is 7.58. The third kappa shape index (κ3) is 4.31. The number of nitrogens with zero attached hydrogens (tertiary/aromatic N) is 3. The number of hydrogen-bond donors (Lipinski definition) is 0. The third-order valence-electron chi connectivity index (χ3n) is 3.71. The van der Waals surface area contributed by atoms with Gasteiger partial charge in [-0.25, -0.2) is 4.68 Å². The van der Waals surface area contributed by atoms with Crippen LogP contribution in [-0.4, -0.2) is 35.4 Å². The summed E-state index contributed by atoms with van der Waals surface area (Å²) in [6.45, 7) is 6.53. The van der Waals surface area contributed by atoms with Gasteiger partial charge in [0, 0.05) is 19.2 Å². The minimum Gasteiger partial charge on any atom is -0.466 e. The highest BCUT2D eigenvalue weighted by atomic mass is 16.5. The molecule has 1 atom stereocenters. The Morgan fingerprint density at radius 1 is 1.52 bits per heavy atom. The molecule has 1 aliphatic heterocycles. The van der Waals surface area contributed by atoms with Crippen LogP contribution in [-0.2, 0) is 16.1 Å². The van der Waals surface area contributed by atoms with Crippen LogP contribution in [0.1, 0.15) is 33.1 Å². The molecule has 2 rings (SSSR count). The Kier molecular flexibility index (Phi) is 5.36. The molecule has 116 valence electrons. The zero-order chi connectivity index (χ0) is 15.2. The minimum absolute atomic E-state index is 0.168. The fraction of sp³-hybridized carbons (Fsp3) is 0.667. The molecular formula is C15H23N3O3. The minimum atomic E-state index is -0.305. The number of anilines is 1. The molecule has 0 aromatic carbocycles. The number of carbonyl (C=O) groups excluding carboxylic acids is 1. The van der Waals surface area contributed by atoms with Crippen molar-refractivity contribution in [3.05, 3.63) is 22.6 Å². The van der Waals surface area contributed by atoms with E-state index in [4.69, 9.17) is 4.74 Å². The van der Waals surface area contributed by atoms with Crippen LogP contribution < -0.4 is 10.5 Å². The van der Waals surface area contributed by atoms with E-state index in [0.717, 1.165) is 25.2 Å². The fourth-order valence-corrected chi connectivity index (χ4v) is 2.62. The Bertz CT molecular complexity index is 541. The maximum atomic E-state index is 12.1. The maximum absolute atomic E-state index is 12.1. The summed E-state index contributed by atoms with van der Waals surface area (Å²) in [5.41, 5.74) is 0.703. The molecular weight excluding hydrogens is 270 g/mol. The van der Waals surface area contributed by atoms with Gasteiger partial charge in [0.15, 0.2) is 0 Å². The zero-order valence-corrected chi connectivity index (χ0v) is 12.7. The summed E-state index contributed by atoms with van der Waals surface area (Å²) >= 11 is 0. The van der Waals surface area contributed by atoms with Gasteiger partial charge in [0.1, 0.15) is 0 Å². The number of ether oxygens (including phenoxy) is 1. The molecule has 0 N–H and O–H groups in total. The number of aryl methyl sites for hydroxylation is 1. The molecule has 0 amide bonds. The van der Waals surface area contributed by atoms with Crippen LogP contribution in [0.5, 0.6) is 0 Å². The van der Waals surface area contributed by atoms with E-state index in [1.165, 1.54) is 11.1 Å². The Balaban J connectivity index is 2.00. The van der Waals surface area contributed by atoms with Crippen LogP contribution in [0.15, 0.2) is 17.1 Å². The Morgan fingerprint density at radius 3 is 3.00 bits per heavy atom. The summed E-state index contributed by atoms with van der Waals surface area (Å²) in [6.07, 6.45) is 4.26. The zero-order valence-electron chi connectivity index (χ0n) is 12.7. The molecule has 6 heteroatoms. The molecule has 1 aromatic heterocycles. The van der Waals surface area contributed by atoms with Crippen LogP contribution in [0.25, 0.3) is 0 Å². The van der Waals surface area contributed by atoms with Crippen molar-refractivity contribution in [2.24, 2.45) is 5.92 Å². The molecule has 0 radical (unpaired) electrons. The van der Waals surface area contributed by atoms with E-state index in [9.17, 15) is 9.59 Å². The van der Waals surface area contributed by atoms with E-state index in [0.29, 0.717) is 12.5 Å². The normalized spacial score (nSPS) is 18.6. The lowest BCUT2D eigenvalue weighted by Gasteiger charge is -2.32. The summed E-state index contributed by atoms with van der Waals surface area (Å²) in [5.74, 6) is 0.338. The van der Waals surface area contributed by atoms with Gasteiger partial charge < -0.3 is 9.64 Å². The molecule has 1 aromatic rings. The summed E-state index contributed by atoms with van der Waals surface area (Å²) in [6, 6.07) is 1.61.